The number of hydrazone groups is 1. The molecule has 0 radical (unpaired) electrons. The van der Waals surface area contributed by atoms with Crippen molar-refractivity contribution in [1.29, 1.82) is 0 Å². The Hall–Kier alpha value is -3.05. The molecule has 0 aliphatic carbocycles. The van der Waals surface area contributed by atoms with E-state index < -0.39 is 0 Å². The molecule has 5 nitrogen and oxygen atoms in total. The van der Waals surface area contributed by atoms with Crippen molar-refractivity contribution >= 4 is 17.3 Å². The lowest BCUT2D eigenvalue weighted by Gasteiger charge is -2.38. The fourth-order valence-corrected chi connectivity index (χ4v) is 3.86. The fourth-order valence-electron chi connectivity index (χ4n) is 3.68. The predicted octanol–water partition coefficient (Wildman–Crippen LogP) is 4.68. The van der Waals surface area contributed by atoms with Crippen LogP contribution in [0.15, 0.2) is 72.1 Å². The quantitative estimate of drug-likeness (QED) is 0.704. The molecule has 0 saturated carbocycles. The van der Waals surface area contributed by atoms with E-state index in [0.29, 0.717) is 17.0 Å². The molecule has 0 unspecified atom stereocenters. The number of fused-ring (bicyclic) bond motifs is 3. The van der Waals surface area contributed by atoms with Crippen molar-refractivity contribution in [2.24, 2.45) is 5.10 Å². The summed E-state index contributed by atoms with van der Waals surface area (Å²) in [6.45, 7) is 0. The van der Waals surface area contributed by atoms with E-state index in [1.54, 1.807) is 30.6 Å². The van der Waals surface area contributed by atoms with E-state index >= 15 is 0 Å². The van der Waals surface area contributed by atoms with Gasteiger partial charge in [-0.25, -0.2) is 5.01 Å². The number of hydrogen-bond acceptors (Lipinski definition) is 5. The molecular formula is C21H16ClN3O2. The second kappa shape index (κ2) is 6.28. The lowest BCUT2D eigenvalue weighted by molar-refractivity contribution is -0.0190. The van der Waals surface area contributed by atoms with Gasteiger partial charge >= 0.3 is 0 Å². The Labute approximate surface area is 161 Å². The Kier molecular flexibility index (Phi) is 3.76. The monoisotopic (exact) mass is 377 g/mol. The van der Waals surface area contributed by atoms with Crippen LogP contribution in [0.1, 0.15) is 35.4 Å². The predicted molar refractivity (Wildman–Crippen MR) is 103 cm³/mol. The molecule has 0 saturated heterocycles. The molecule has 0 bridgehead atoms. The number of aromatic nitrogens is 1. The first-order chi connectivity index (χ1) is 13.2. The Morgan fingerprint density at radius 2 is 1.89 bits per heavy atom. The van der Waals surface area contributed by atoms with Gasteiger partial charge in [0, 0.05) is 40.5 Å². The molecule has 3 heterocycles. The molecule has 2 atom stereocenters. The van der Waals surface area contributed by atoms with Gasteiger partial charge in [-0.3, -0.25) is 4.98 Å². The summed E-state index contributed by atoms with van der Waals surface area (Å²) < 4.78 is 6.27. The number of benzene rings is 2. The summed E-state index contributed by atoms with van der Waals surface area (Å²) in [5.41, 5.74) is 3.51. The Bertz CT molecular complexity index is 1040. The van der Waals surface area contributed by atoms with Crippen LogP contribution in [0.25, 0.3) is 0 Å². The van der Waals surface area contributed by atoms with Crippen LogP contribution in [-0.2, 0) is 0 Å². The first-order valence-electron chi connectivity index (χ1n) is 8.71. The summed E-state index contributed by atoms with van der Waals surface area (Å²) in [5.74, 6) is 1.03. The SMILES string of the molecule is Oc1ccc(Cl)cc1C1=NN2[C@@H](C1)c1ccccc1O[C@H]2c1ccncc1. The van der Waals surface area contributed by atoms with Crippen LogP contribution < -0.4 is 4.74 Å². The molecule has 5 rings (SSSR count). The van der Waals surface area contributed by atoms with E-state index in [9.17, 15) is 5.11 Å². The van der Waals surface area contributed by atoms with Gasteiger partial charge in [-0.15, -0.1) is 0 Å². The number of nitrogens with zero attached hydrogens (tertiary/aromatic N) is 3. The first kappa shape index (κ1) is 16.1. The summed E-state index contributed by atoms with van der Waals surface area (Å²) in [5, 5.41) is 17.7. The van der Waals surface area contributed by atoms with Crippen LogP contribution in [-0.4, -0.2) is 20.8 Å². The Morgan fingerprint density at radius 1 is 1.07 bits per heavy atom. The number of halogens is 1. The van der Waals surface area contributed by atoms with Crippen molar-refractivity contribution in [2.75, 3.05) is 0 Å². The molecule has 2 aromatic carbocycles. The minimum absolute atomic E-state index is 0.0292. The molecule has 2 aliphatic heterocycles. The van der Waals surface area contributed by atoms with Gasteiger partial charge in [0.2, 0.25) is 6.23 Å². The normalized spacial score (nSPS) is 20.5. The maximum Gasteiger partial charge on any atom is 0.213 e. The van der Waals surface area contributed by atoms with Gasteiger partial charge in [0.15, 0.2) is 0 Å². The van der Waals surface area contributed by atoms with Crippen molar-refractivity contribution < 1.29 is 9.84 Å². The summed E-state index contributed by atoms with van der Waals surface area (Å²) in [7, 11) is 0. The standard InChI is InChI=1S/C21H16ClN3O2/c22-14-5-6-19(26)16(11-14)17-12-18-15-3-1-2-4-20(15)27-21(25(18)24-17)13-7-9-23-10-8-13/h1-11,18,21,26H,12H2/t18-,21-/m0/s1. The molecule has 1 N–H and O–H groups in total. The molecule has 27 heavy (non-hydrogen) atoms. The van der Waals surface area contributed by atoms with Crippen molar-refractivity contribution in [3.8, 4) is 11.5 Å². The number of aromatic hydroxyl groups is 1. The van der Waals surface area contributed by atoms with Crippen LogP contribution >= 0.6 is 11.6 Å². The third-order valence-electron chi connectivity index (χ3n) is 4.96. The van der Waals surface area contributed by atoms with E-state index in [0.717, 1.165) is 22.6 Å². The average Bonchev–Trinajstić information content (AvgIpc) is 3.15. The van der Waals surface area contributed by atoms with Crippen molar-refractivity contribution in [3.63, 3.8) is 0 Å². The van der Waals surface area contributed by atoms with Crippen molar-refractivity contribution in [1.82, 2.24) is 9.99 Å². The van der Waals surface area contributed by atoms with Crippen molar-refractivity contribution in [2.45, 2.75) is 18.7 Å². The second-order valence-corrected chi connectivity index (χ2v) is 7.03. The Morgan fingerprint density at radius 3 is 2.74 bits per heavy atom. The largest absolute Gasteiger partial charge is 0.507 e. The summed E-state index contributed by atoms with van der Waals surface area (Å²) >= 11 is 6.14. The van der Waals surface area contributed by atoms with Crippen LogP contribution in [0.4, 0.5) is 0 Å². The molecule has 1 aromatic heterocycles. The molecule has 2 aliphatic rings. The topological polar surface area (TPSA) is 58.0 Å². The average molecular weight is 378 g/mol. The van der Waals surface area contributed by atoms with Crippen LogP contribution in [0.2, 0.25) is 5.02 Å². The summed E-state index contributed by atoms with van der Waals surface area (Å²) in [6, 6.07) is 16.9. The van der Waals surface area contributed by atoms with E-state index in [-0.39, 0.29) is 18.0 Å². The maximum atomic E-state index is 10.3. The zero-order valence-electron chi connectivity index (χ0n) is 14.3. The number of phenols is 1. The highest BCUT2D eigenvalue weighted by Gasteiger charge is 2.41. The van der Waals surface area contributed by atoms with E-state index in [2.05, 4.69) is 11.1 Å². The van der Waals surface area contributed by atoms with Gasteiger partial charge in [0.05, 0.1) is 11.8 Å². The lowest BCUT2D eigenvalue weighted by Crippen LogP contribution is -2.33. The zero-order chi connectivity index (χ0) is 18.4. The third-order valence-corrected chi connectivity index (χ3v) is 5.19. The smallest absolute Gasteiger partial charge is 0.213 e. The lowest BCUT2D eigenvalue weighted by atomic mass is 9.95. The van der Waals surface area contributed by atoms with Gasteiger partial charge in [-0.05, 0) is 36.4 Å². The van der Waals surface area contributed by atoms with Crippen LogP contribution in [0.3, 0.4) is 0 Å². The molecule has 0 fully saturated rings. The van der Waals surface area contributed by atoms with Gasteiger partial charge in [0.1, 0.15) is 11.5 Å². The van der Waals surface area contributed by atoms with Gasteiger partial charge in [-0.2, -0.15) is 5.10 Å². The van der Waals surface area contributed by atoms with E-state index in [1.807, 2.05) is 35.3 Å². The first-order valence-corrected chi connectivity index (χ1v) is 9.09. The number of pyridine rings is 1. The molecular weight excluding hydrogens is 362 g/mol. The number of phenolic OH excluding ortho intramolecular Hbond substituents is 1. The van der Waals surface area contributed by atoms with Crippen LogP contribution in [0.5, 0.6) is 11.5 Å². The zero-order valence-corrected chi connectivity index (χ0v) is 15.0. The summed E-state index contributed by atoms with van der Waals surface area (Å²) in [4.78, 5) is 4.10. The fraction of sp³-hybridized carbons (Fsp3) is 0.143. The maximum absolute atomic E-state index is 10.3. The number of rotatable bonds is 2. The summed E-state index contributed by atoms with van der Waals surface area (Å²) in [6.07, 6.45) is 3.80. The van der Waals surface area contributed by atoms with E-state index in [4.69, 9.17) is 21.4 Å². The third kappa shape index (κ3) is 2.71. The minimum Gasteiger partial charge on any atom is -0.507 e. The Balaban J connectivity index is 1.62. The van der Waals surface area contributed by atoms with Crippen molar-refractivity contribution in [3.05, 3.63) is 88.7 Å². The highest BCUT2D eigenvalue weighted by atomic mass is 35.5. The van der Waals surface area contributed by atoms with Gasteiger partial charge in [-0.1, -0.05) is 29.8 Å². The number of ether oxygens (including phenoxy) is 1. The highest BCUT2D eigenvalue weighted by molar-refractivity contribution is 6.31. The molecule has 0 spiro atoms. The van der Waals surface area contributed by atoms with Crippen LogP contribution in [0, 0.1) is 0 Å². The molecule has 6 heteroatoms. The van der Waals surface area contributed by atoms with Gasteiger partial charge in [0.25, 0.3) is 0 Å². The second-order valence-electron chi connectivity index (χ2n) is 6.60. The molecule has 3 aromatic rings. The number of para-hydroxylation sites is 1. The molecule has 0 amide bonds. The number of hydrogen-bond donors (Lipinski definition) is 1. The molecule has 134 valence electrons. The van der Waals surface area contributed by atoms with Gasteiger partial charge < -0.3 is 9.84 Å². The minimum atomic E-state index is -0.355. The highest BCUT2D eigenvalue weighted by Crippen LogP contribution is 2.47. The van der Waals surface area contributed by atoms with E-state index in [1.165, 1.54) is 0 Å².